The molecule has 5 rings (SSSR count). The Kier molecular flexibility index (Phi) is 5.55. The van der Waals surface area contributed by atoms with Crippen LogP contribution in [0, 0.1) is 0 Å². The van der Waals surface area contributed by atoms with E-state index < -0.39 is 5.54 Å². The molecule has 35 heavy (non-hydrogen) atoms. The summed E-state index contributed by atoms with van der Waals surface area (Å²) in [5.74, 6) is 1.74. The number of aromatic nitrogens is 1. The Morgan fingerprint density at radius 3 is 2.74 bits per heavy atom. The van der Waals surface area contributed by atoms with Crippen LogP contribution in [0.2, 0.25) is 0 Å². The Hall–Kier alpha value is -3.45. The van der Waals surface area contributed by atoms with Crippen LogP contribution in [0.4, 0.5) is 0 Å². The first-order valence-corrected chi connectivity index (χ1v) is 12.1. The lowest BCUT2D eigenvalue weighted by Crippen LogP contribution is -2.52. The number of nitrogens with one attached hydrogen (secondary N) is 1. The van der Waals surface area contributed by atoms with E-state index in [2.05, 4.69) is 42.3 Å². The third kappa shape index (κ3) is 3.57. The van der Waals surface area contributed by atoms with Gasteiger partial charge in [0.2, 0.25) is 0 Å². The smallest absolute Gasteiger partial charge is 0.254 e. The normalized spacial score (nSPS) is 21.9. The van der Waals surface area contributed by atoms with Crippen molar-refractivity contribution in [2.24, 2.45) is 0 Å². The molecule has 2 atom stereocenters. The van der Waals surface area contributed by atoms with Crippen LogP contribution in [-0.4, -0.2) is 69.5 Å². The fraction of sp³-hybridized carbons (Fsp3) is 0.393. The van der Waals surface area contributed by atoms with Gasteiger partial charge in [-0.05, 0) is 69.3 Å². The van der Waals surface area contributed by atoms with Crippen molar-refractivity contribution in [1.82, 2.24) is 19.7 Å². The molecule has 3 aromatic rings. The summed E-state index contributed by atoms with van der Waals surface area (Å²) in [7, 11) is 3.73. The van der Waals surface area contributed by atoms with E-state index in [1.54, 1.807) is 19.2 Å². The number of amides is 1. The monoisotopic (exact) mass is 474 g/mol. The summed E-state index contributed by atoms with van der Waals surface area (Å²) in [4.78, 5) is 23.8. The number of likely N-dealkylation sites (N-methyl/N-ethyl adjacent to an activating group) is 1. The number of ether oxygens (including phenoxy) is 1. The number of carbonyl (C=O) groups is 1. The molecule has 0 saturated carbocycles. The molecule has 2 N–H and O–H groups in total. The van der Waals surface area contributed by atoms with E-state index in [1.807, 2.05) is 42.2 Å². The SMILES string of the molecule is C=C1N(CCN(C)C(C)C)C(=O)[C@]2(C)Cc3c([nH]c4ccc(OC)cc34)[C@@H](c3cccc(O)c3)N12. The Labute approximate surface area is 206 Å². The zero-order chi connectivity index (χ0) is 25.1. The lowest BCUT2D eigenvalue weighted by atomic mass is 9.81. The van der Waals surface area contributed by atoms with Crippen molar-refractivity contribution in [3.8, 4) is 11.5 Å². The molecule has 1 fully saturated rings. The molecule has 2 aliphatic heterocycles. The summed E-state index contributed by atoms with van der Waals surface area (Å²) < 4.78 is 5.50. The van der Waals surface area contributed by atoms with Gasteiger partial charge < -0.3 is 24.6 Å². The Balaban J connectivity index is 1.66. The first kappa shape index (κ1) is 23.3. The third-order valence-electron chi connectivity index (χ3n) is 7.77. The van der Waals surface area contributed by atoms with Crippen molar-refractivity contribution in [1.29, 1.82) is 0 Å². The molecule has 1 saturated heterocycles. The zero-order valence-electron chi connectivity index (χ0n) is 21.1. The van der Waals surface area contributed by atoms with Crippen LogP contribution >= 0.6 is 0 Å². The topological polar surface area (TPSA) is 72.0 Å². The zero-order valence-corrected chi connectivity index (χ0v) is 21.1. The average molecular weight is 475 g/mol. The minimum atomic E-state index is -0.797. The van der Waals surface area contributed by atoms with E-state index in [4.69, 9.17) is 4.74 Å². The average Bonchev–Trinajstić information content (AvgIpc) is 3.27. The van der Waals surface area contributed by atoms with Crippen LogP contribution in [0.3, 0.4) is 0 Å². The highest BCUT2D eigenvalue weighted by molar-refractivity contribution is 5.94. The number of methoxy groups -OCH3 is 1. The maximum atomic E-state index is 14.0. The molecule has 184 valence electrons. The highest BCUT2D eigenvalue weighted by atomic mass is 16.5. The largest absolute Gasteiger partial charge is 0.508 e. The van der Waals surface area contributed by atoms with Gasteiger partial charge in [0.25, 0.3) is 5.91 Å². The molecule has 7 nitrogen and oxygen atoms in total. The van der Waals surface area contributed by atoms with E-state index in [0.29, 0.717) is 24.8 Å². The molecule has 2 aromatic carbocycles. The number of fused-ring (bicyclic) bond motifs is 4. The fourth-order valence-electron chi connectivity index (χ4n) is 5.55. The maximum absolute atomic E-state index is 14.0. The van der Waals surface area contributed by atoms with Gasteiger partial charge >= 0.3 is 0 Å². The molecule has 2 aliphatic rings. The van der Waals surface area contributed by atoms with Gasteiger partial charge in [-0.3, -0.25) is 9.69 Å². The van der Waals surface area contributed by atoms with E-state index in [-0.39, 0.29) is 17.7 Å². The third-order valence-corrected chi connectivity index (χ3v) is 7.77. The molecule has 0 bridgehead atoms. The quantitative estimate of drug-likeness (QED) is 0.559. The number of rotatable bonds is 6. The van der Waals surface area contributed by atoms with E-state index in [0.717, 1.165) is 40.0 Å². The van der Waals surface area contributed by atoms with Gasteiger partial charge in [-0.25, -0.2) is 0 Å². The van der Waals surface area contributed by atoms with Crippen molar-refractivity contribution in [2.75, 3.05) is 27.2 Å². The number of nitrogens with zero attached hydrogens (tertiary/aromatic N) is 3. The lowest BCUT2D eigenvalue weighted by Gasteiger charge is -2.44. The second-order valence-electron chi connectivity index (χ2n) is 10.2. The van der Waals surface area contributed by atoms with E-state index >= 15 is 0 Å². The molecule has 0 spiro atoms. The molecule has 3 heterocycles. The highest BCUT2D eigenvalue weighted by Crippen LogP contribution is 2.51. The number of hydrogen-bond acceptors (Lipinski definition) is 5. The number of phenolic OH excluding ortho intramolecular Hbond substituents is 1. The van der Waals surface area contributed by atoms with Gasteiger partial charge in [-0.1, -0.05) is 18.7 Å². The Bertz CT molecular complexity index is 1310. The number of aromatic amines is 1. The van der Waals surface area contributed by atoms with Gasteiger partial charge in [0, 0.05) is 42.1 Å². The first-order valence-electron chi connectivity index (χ1n) is 12.1. The Morgan fingerprint density at radius 1 is 1.29 bits per heavy atom. The number of H-pyrrole nitrogens is 1. The standard InChI is InChI=1S/C28H34N4O3/c1-17(2)30(5)12-13-31-18(3)32-26(19-8-7-9-20(33)14-19)25-23(16-28(32,4)27(31)34)22-15-21(35-6)10-11-24(22)29-25/h7-11,14-15,17,26,29,33H,3,12-13,16H2,1-2,4-6H3/t26-,28+/m1/s1. The molecule has 0 unspecified atom stereocenters. The van der Waals surface area contributed by atoms with Crippen LogP contribution in [-0.2, 0) is 11.2 Å². The van der Waals surface area contributed by atoms with Crippen molar-refractivity contribution >= 4 is 16.8 Å². The number of carbonyl (C=O) groups excluding carboxylic acids is 1. The van der Waals surface area contributed by atoms with Crippen LogP contribution < -0.4 is 4.74 Å². The van der Waals surface area contributed by atoms with Gasteiger partial charge in [-0.2, -0.15) is 0 Å². The minimum absolute atomic E-state index is 0.0627. The van der Waals surface area contributed by atoms with Gasteiger partial charge in [0.15, 0.2) is 0 Å². The van der Waals surface area contributed by atoms with Crippen LogP contribution in [0.5, 0.6) is 11.5 Å². The molecule has 0 radical (unpaired) electrons. The molecule has 7 heteroatoms. The predicted molar refractivity (Wildman–Crippen MR) is 137 cm³/mol. The molecule has 1 aromatic heterocycles. The number of hydrogen-bond donors (Lipinski definition) is 2. The minimum Gasteiger partial charge on any atom is -0.508 e. The van der Waals surface area contributed by atoms with E-state index in [1.165, 1.54) is 0 Å². The van der Waals surface area contributed by atoms with Crippen LogP contribution in [0.25, 0.3) is 10.9 Å². The molecular formula is C28H34N4O3. The summed E-state index contributed by atoms with van der Waals surface area (Å²) in [6.07, 6.45) is 0.555. The second-order valence-corrected chi connectivity index (χ2v) is 10.2. The summed E-state index contributed by atoms with van der Waals surface area (Å²) in [5, 5.41) is 11.4. The molecule has 1 amide bonds. The molecular weight excluding hydrogens is 440 g/mol. The molecule has 0 aliphatic carbocycles. The van der Waals surface area contributed by atoms with Gasteiger partial charge in [-0.15, -0.1) is 0 Å². The van der Waals surface area contributed by atoms with Crippen molar-refractivity contribution in [3.63, 3.8) is 0 Å². The highest BCUT2D eigenvalue weighted by Gasteiger charge is 2.57. The summed E-state index contributed by atoms with van der Waals surface area (Å²) >= 11 is 0. The fourth-order valence-corrected chi connectivity index (χ4v) is 5.55. The number of benzene rings is 2. The summed E-state index contributed by atoms with van der Waals surface area (Å²) in [6, 6.07) is 13.4. The number of aromatic hydroxyl groups is 1. The predicted octanol–water partition coefficient (Wildman–Crippen LogP) is 4.24. The second kappa shape index (κ2) is 8.34. The van der Waals surface area contributed by atoms with Crippen molar-refractivity contribution in [3.05, 3.63) is 71.7 Å². The lowest BCUT2D eigenvalue weighted by molar-refractivity contribution is -0.133. The van der Waals surface area contributed by atoms with Crippen LogP contribution in [0.15, 0.2) is 54.9 Å². The van der Waals surface area contributed by atoms with Crippen molar-refractivity contribution < 1.29 is 14.6 Å². The van der Waals surface area contributed by atoms with Crippen molar-refractivity contribution in [2.45, 2.75) is 44.8 Å². The van der Waals surface area contributed by atoms with Crippen LogP contribution in [0.1, 0.15) is 43.6 Å². The Morgan fingerprint density at radius 2 is 2.06 bits per heavy atom. The number of phenols is 1. The summed E-state index contributed by atoms with van der Waals surface area (Å²) in [5.41, 5.74) is 3.24. The maximum Gasteiger partial charge on any atom is 0.254 e. The first-order chi connectivity index (χ1) is 16.7. The van der Waals surface area contributed by atoms with Gasteiger partial charge in [0.05, 0.1) is 13.2 Å². The van der Waals surface area contributed by atoms with E-state index in [9.17, 15) is 9.90 Å². The van der Waals surface area contributed by atoms with Gasteiger partial charge in [0.1, 0.15) is 22.9 Å². The summed E-state index contributed by atoms with van der Waals surface area (Å²) in [6.45, 7) is 12.1.